The topological polar surface area (TPSA) is 43.7 Å². The third kappa shape index (κ3) is 5.34. The first-order valence-corrected chi connectivity index (χ1v) is 8.03. The van der Waals surface area contributed by atoms with Crippen molar-refractivity contribution >= 4 is 0 Å². The second-order valence-electron chi connectivity index (χ2n) is 5.78. The van der Waals surface area contributed by atoms with Gasteiger partial charge >= 0.3 is 0 Å². The van der Waals surface area contributed by atoms with Crippen LogP contribution in [0.3, 0.4) is 0 Å². The molecule has 0 spiro atoms. The molecule has 0 aromatic heterocycles. The summed E-state index contributed by atoms with van der Waals surface area (Å²) in [5, 5.41) is 20.3. The molecule has 0 saturated heterocycles. The molecule has 3 nitrogen and oxygen atoms in total. The van der Waals surface area contributed by atoms with Crippen LogP contribution in [0.5, 0.6) is 5.75 Å². The first-order valence-electron chi connectivity index (χ1n) is 8.03. The first-order chi connectivity index (χ1) is 11.1. The second-order valence-corrected chi connectivity index (χ2v) is 5.78. The fourth-order valence-corrected chi connectivity index (χ4v) is 2.54. The summed E-state index contributed by atoms with van der Waals surface area (Å²) in [5.41, 5.74) is 1.54. The van der Waals surface area contributed by atoms with E-state index in [2.05, 4.69) is 11.8 Å². The van der Waals surface area contributed by atoms with Crippen molar-refractivity contribution < 1.29 is 14.6 Å². The van der Waals surface area contributed by atoms with Gasteiger partial charge in [-0.2, -0.15) is 0 Å². The summed E-state index contributed by atoms with van der Waals surface area (Å²) in [4.78, 5) is 2.12. The number of aromatic hydroxyl groups is 1. The van der Waals surface area contributed by atoms with E-state index in [0.29, 0.717) is 18.7 Å². The summed E-state index contributed by atoms with van der Waals surface area (Å²) < 4.78 is 13.0. The van der Waals surface area contributed by atoms with E-state index in [4.69, 9.17) is 0 Å². The minimum atomic E-state index is -0.682. The van der Waals surface area contributed by atoms with Gasteiger partial charge in [-0.1, -0.05) is 43.7 Å². The van der Waals surface area contributed by atoms with Gasteiger partial charge in [-0.05, 0) is 36.7 Å². The Bertz CT molecular complexity index is 601. The number of unbranched alkanes of at least 4 members (excludes halogenated alkanes) is 1. The Morgan fingerprint density at radius 1 is 1.09 bits per heavy atom. The van der Waals surface area contributed by atoms with E-state index in [9.17, 15) is 14.6 Å². The lowest BCUT2D eigenvalue weighted by Gasteiger charge is -2.25. The van der Waals surface area contributed by atoms with E-state index in [-0.39, 0.29) is 11.6 Å². The molecule has 23 heavy (non-hydrogen) atoms. The fourth-order valence-electron chi connectivity index (χ4n) is 2.54. The Labute approximate surface area is 137 Å². The molecule has 124 valence electrons. The predicted molar refractivity (Wildman–Crippen MR) is 89.7 cm³/mol. The summed E-state index contributed by atoms with van der Waals surface area (Å²) >= 11 is 0. The van der Waals surface area contributed by atoms with Gasteiger partial charge in [0.25, 0.3) is 0 Å². The fraction of sp³-hybridized carbons (Fsp3) is 0.368. The van der Waals surface area contributed by atoms with Crippen LogP contribution in [0.2, 0.25) is 0 Å². The molecule has 2 aromatic rings. The molecule has 0 radical (unpaired) electrons. The number of hydrogen-bond donors (Lipinski definition) is 2. The molecule has 0 aliphatic heterocycles. The lowest BCUT2D eigenvalue weighted by Crippen LogP contribution is -2.29. The molecular weight excluding hydrogens is 293 g/mol. The van der Waals surface area contributed by atoms with Crippen LogP contribution in [0.15, 0.2) is 48.5 Å². The highest BCUT2D eigenvalue weighted by Gasteiger charge is 2.15. The molecule has 0 saturated carbocycles. The van der Waals surface area contributed by atoms with E-state index in [1.807, 2.05) is 12.1 Å². The minimum absolute atomic E-state index is 0.269. The molecule has 0 heterocycles. The third-order valence-corrected chi connectivity index (χ3v) is 3.90. The standard InChI is InChI=1S/C19H24FNO2/c1-2-3-12-21(13-16-6-4-5-7-18(16)22)14-19(23)15-8-10-17(20)11-9-15/h4-11,19,22-23H,2-3,12-14H2,1H3. The minimum Gasteiger partial charge on any atom is -0.508 e. The van der Waals surface area contributed by atoms with Crippen molar-refractivity contribution in [2.45, 2.75) is 32.4 Å². The molecule has 1 unspecified atom stereocenters. The van der Waals surface area contributed by atoms with Crippen LogP contribution in [0.1, 0.15) is 37.0 Å². The Morgan fingerprint density at radius 3 is 2.43 bits per heavy atom. The Morgan fingerprint density at radius 2 is 1.78 bits per heavy atom. The van der Waals surface area contributed by atoms with Gasteiger partial charge in [0.1, 0.15) is 11.6 Å². The van der Waals surface area contributed by atoms with E-state index >= 15 is 0 Å². The Hall–Kier alpha value is -1.91. The number of hydrogen-bond acceptors (Lipinski definition) is 3. The smallest absolute Gasteiger partial charge is 0.123 e. The van der Waals surface area contributed by atoms with Gasteiger partial charge in [0.2, 0.25) is 0 Å². The molecular formula is C19H24FNO2. The maximum absolute atomic E-state index is 13.0. The summed E-state index contributed by atoms with van der Waals surface area (Å²) in [7, 11) is 0. The van der Waals surface area contributed by atoms with E-state index in [1.165, 1.54) is 12.1 Å². The van der Waals surface area contributed by atoms with Crippen molar-refractivity contribution in [2.24, 2.45) is 0 Å². The lowest BCUT2D eigenvalue weighted by atomic mass is 10.1. The quantitative estimate of drug-likeness (QED) is 0.777. The molecule has 0 aliphatic rings. The van der Waals surface area contributed by atoms with Gasteiger partial charge in [-0.25, -0.2) is 4.39 Å². The average molecular weight is 317 g/mol. The summed E-state index contributed by atoms with van der Waals surface area (Å²) in [6.45, 7) is 3.97. The van der Waals surface area contributed by atoms with E-state index in [1.54, 1.807) is 24.3 Å². The van der Waals surface area contributed by atoms with Crippen LogP contribution in [-0.4, -0.2) is 28.2 Å². The second kappa shape index (κ2) is 8.65. The Balaban J connectivity index is 2.05. The maximum Gasteiger partial charge on any atom is 0.123 e. The first kappa shape index (κ1) is 17.4. The number of phenolic OH excluding ortho intramolecular Hbond substituents is 1. The van der Waals surface area contributed by atoms with Gasteiger partial charge in [0.15, 0.2) is 0 Å². The summed E-state index contributed by atoms with van der Waals surface area (Å²) in [6, 6.07) is 13.2. The molecule has 2 N–H and O–H groups in total. The largest absolute Gasteiger partial charge is 0.508 e. The molecule has 0 bridgehead atoms. The van der Waals surface area contributed by atoms with Crippen LogP contribution < -0.4 is 0 Å². The van der Waals surface area contributed by atoms with Gasteiger partial charge in [0.05, 0.1) is 6.10 Å². The predicted octanol–water partition coefficient (Wildman–Crippen LogP) is 3.87. The maximum atomic E-state index is 13.0. The van der Waals surface area contributed by atoms with E-state index in [0.717, 1.165) is 24.9 Å². The van der Waals surface area contributed by atoms with Gasteiger partial charge in [-0.15, -0.1) is 0 Å². The number of halogens is 1. The van der Waals surface area contributed by atoms with Crippen molar-refractivity contribution in [3.8, 4) is 5.75 Å². The third-order valence-electron chi connectivity index (χ3n) is 3.90. The highest BCUT2D eigenvalue weighted by atomic mass is 19.1. The van der Waals surface area contributed by atoms with Gasteiger partial charge in [0, 0.05) is 18.7 Å². The van der Waals surface area contributed by atoms with E-state index < -0.39 is 6.10 Å². The van der Waals surface area contributed by atoms with Crippen LogP contribution in [0.25, 0.3) is 0 Å². The highest BCUT2D eigenvalue weighted by molar-refractivity contribution is 5.31. The average Bonchev–Trinajstić information content (AvgIpc) is 2.55. The van der Waals surface area contributed by atoms with Crippen molar-refractivity contribution in [1.82, 2.24) is 4.90 Å². The number of phenols is 1. The molecule has 0 aliphatic carbocycles. The molecule has 0 amide bonds. The number of rotatable bonds is 8. The Kier molecular flexibility index (Phi) is 6.56. The van der Waals surface area contributed by atoms with Gasteiger partial charge < -0.3 is 10.2 Å². The zero-order chi connectivity index (χ0) is 16.7. The van der Waals surface area contributed by atoms with Crippen LogP contribution in [0.4, 0.5) is 4.39 Å². The van der Waals surface area contributed by atoms with Crippen molar-refractivity contribution in [2.75, 3.05) is 13.1 Å². The highest BCUT2D eigenvalue weighted by Crippen LogP contribution is 2.21. The zero-order valence-corrected chi connectivity index (χ0v) is 13.5. The number of nitrogens with zero attached hydrogens (tertiary/aromatic N) is 1. The summed E-state index contributed by atoms with van der Waals surface area (Å²) in [5.74, 6) is -0.0386. The molecule has 0 fully saturated rings. The summed E-state index contributed by atoms with van der Waals surface area (Å²) in [6.07, 6.45) is 1.39. The van der Waals surface area contributed by atoms with Crippen molar-refractivity contribution in [3.63, 3.8) is 0 Å². The molecule has 2 rings (SSSR count). The molecule has 2 aromatic carbocycles. The SMILES string of the molecule is CCCCN(Cc1ccccc1O)CC(O)c1ccc(F)cc1. The van der Waals surface area contributed by atoms with Crippen molar-refractivity contribution in [3.05, 3.63) is 65.5 Å². The molecule has 4 heteroatoms. The zero-order valence-electron chi connectivity index (χ0n) is 13.5. The molecule has 1 atom stereocenters. The van der Waals surface area contributed by atoms with Gasteiger partial charge in [-0.3, -0.25) is 4.90 Å². The lowest BCUT2D eigenvalue weighted by molar-refractivity contribution is 0.107. The number of aliphatic hydroxyl groups excluding tert-OH is 1. The number of benzene rings is 2. The monoisotopic (exact) mass is 317 g/mol. The van der Waals surface area contributed by atoms with Crippen LogP contribution in [-0.2, 0) is 6.54 Å². The normalized spacial score (nSPS) is 12.5. The number of para-hydroxylation sites is 1. The number of aliphatic hydroxyl groups is 1. The van der Waals surface area contributed by atoms with Crippen molar-refractivity contribution in [1.29, 1.82) is 0 Å². The van der Waals surface area contributed by atoms with Crippen LogP contribution in [0, 0.1) is 5.82 Å². The van der Waals surface area contributed by atoms with Crippen LogP contribution >= 0.6 is 0 Å².